The second-order valence-corrected chi connectivity index (χ2v) is 8.08. The fraction of sp³-hybridized carbons (Fsp3) is 0.273. The average molecular weight is 458 g/mol. The maximum Gasteiger partial charge on any atom is 0.417 e. The zero-order valence-corrected chi connectivity index (χ0v) is 17.4. The van der Waals surface area contributed by atoms with Crippen LogP contribution < -0.4 is 5.73 Å². The van der Waals surface area contributed by atoms with Gasteiger partial charge in [-0.3, -0.25) is 14.5 Å². The van der Waals surface area contributed by atoms with E-state index in [0.29, 0.717) is 40.5 Å². The number of halogens is 4. The highest BCUT2D eigenvalue weighted by Gasteiger charge is 2.33. The van der Waals surface area contributed by atoms with Crippen LogP contribution >= 0.6 is 0 Å². The number of carbonyl (C=O) groups is 1. The van der Waals surface area contributed by atoms with E-state index in [1.54, 1.807) is 17.9 Å². The number of alkyl halides is 3. The van der Waals surface area contributed by atoms with Crippen LogP contribution in [0.25, 0.3) is 21.8 Å². The first-order valence-corrected chi connectivity index (χ1v) is 10.2. The number of rotatable bonds is 2. The first-order valence-electron chi connectivity index (χ1n) is 10.2. The van der Waals surface area contributed by atoms with Crippen molar-refractivity contribution in [2.24, 2.45) is 7.05 Å². The number of fused-ring (bicyclic) bond motifs is 3. The summed E-state index contributed by atoms with van der Waals surface area (Å²) in [6, 6.07) is 4.93. The fourth-order valence-corrected chi connectivity index (χ4v) is 4.31. The van der Waals surface area contributed by atoms with E-state index in [1.165, 1.54) is 23.1 Å². The standard InChI is InChI=1S/C22H18F4N6O/c1-31-19-14-6-13(16(23)7-18(14)30-20(27)15(19)9-29-31)21(33)32-5-4-11(10-32)17-3-2-12(8-28-17)22(24,25)26/h2-3,6-9,11H,4-5,10H2,1H3,(H2,27,30). The topological polar surface area (TPSA) is 89.9 Å². The van der Waals surface area contributed by atoms with Crippen molar-refractivity contribution in [1.82, 2.24) is 24.6 Å². The molecule has 1 aliphatic heterocycles. The van der Waals surface area contributed by atoms with Gasteiger partial charge in [0.15, 0.2) is 0 Å². The van der Waals surface area contributed by atoms with Gasteiger partial charge in [0.2, 0.25) is 0 Å². The number of pyridine rings is 2. The summed E-state index contributed by atoms with van der Waals surface area (Å²) in [6.45, 7) is 0.570. The molecule has 0 saturated carbocycles. The Morgan fingerprint density at radius 3 is 2.67 bits per heavy atom. The SMILES string of the molecule is Cn1ncc2c(N)nc3cc(F)c(C(=O)N4CCC(c5ccc(C(F)(F)F)cn5)C4)cc3c21. The molecule has 1 fully saturated rings. The number of nitrogens with two attached hydrogens (primary N) is 1. The van der Waals surface area contributed by atoms with Gasteiger partial charge in [0.05, 0.1) is 33.7 Å². The van der Waals surface area contributed by atoms with E-state index >= 15 is 0 Å². The number of anilines is 1. The number of aromatic nitrogens is 4. The van der Waals surface area contributed by atoms with E-state index in [1.807, 2.05) is 0 Å². The summed E-state index contributed by atoms with van der Waals surface area (Å²) in [6.07, 6.45) is -1.59. The normalized spacial score (nSPS) is 16.8. The first-order chi connectivity index (χ1) is 15.6. The van der Waals surface area contributed by atoms with Crippen molar-refractivity contribution in [2.75, 3.05) is 18.8 Å². The highest BCUT2D eigenvalue weighted by atomic mass is 19.4. The van der Waals surface area contributed by atoms with Gasteiger partial charge in [-0.2, -0.15) is 18.3 Å². The van der Waals surface area contributed by atoms with Crippen LogP contribution in [0.15, 0.2) is 36.7 Å². The number of amides is 1. The molecule has 1 saturated heterocycles. The molecule has 1 aromatic carbocycles. The Labute approximate surface area is 184 Å². The van der Waals surface area contributed by atoms with E-state index in [2.05, 4.69) is 15.1 Å². The predicted molar refractivity (Wildman–Crippen MR) is 113 cm³/mol. The number of nitrogens with zero attached hydrogens (tertiary/aromatic N) is 5. The number of hydrogen-bond donors (Lipinski definition) is 1. The summed E-state index contributed by atoms with van der Waals surface area (Å²) in [5.74, 6) is -1.24. The van der Waals surface area contributed by atoms with Crippen LogP contribution in [-0.4, -0.2) is 43.6 Å². The van der Waals surface area contributed by atoms with Crippen LogP contribution in [0.2, 0.25) is 0 Å². The maximum atomic E-state index is 14.9. The quantitative estimate of drug-likeness (QED) is 0.461. The van der Waals surface area contributed by atoms with E-state index in [0.717, 1.165) is 12.3 Å². The lowest BCUT2D eigenvalue weighted by atomic mass is 10.0. The first kappa shape index (κ1) is 21.1. The van der Waals surface area contributed by atoms with Gasteiger partial charge in [-0.1, -0.05) is 0 Å². The van der Waals surface area contributed by atoms with E-state index in [4.69, 9.17) is 5.73 Å². The molecular formula is C22H18F4N6O. The Bertz CT molecular complexity index is 1400. The molecule has 2 N–H and O–H groups in total. The van der Waals surface area contributed by atoms with Crippen LogP contribution in [0.1, 0.15) is 34.0 Å². The van der Waals surface area contributed by atoms with E-state index in [9.17, 15) is 22.4 Å². The van der Waals surface area contributed by atoms with Crippen molar-refractivity contribution < 1.29 is 22.4 Å². The van der Waals surface area contributed by atoms with Crippen molar-refractivity contribution in [1.29, 1.82) is 0 Å². The van der Waals surface area contributed by atoms with E-state index < -0.39 is 23.5 Å². The van der Waals surface area contributed by atoms with Gasteiger partial charge >= 0.3 is 6.18 Å². The summed E-state index contributed by atoms with van der Waals surface area (Å²) < 4.78 is 54.8. The largest absolute Gasteiger partial charge is 0.417 e. The van der Waals surface area contributed by atoms with Gasteiger partial charge in [0.1, 0.15) is 11.6 Å². The average Bonchev–Trinajstić information content (AvgIpc) is 3.41. The molecule has 1 unspecified atom stereocenters. The highest BCUT2D eigenvalue weighted by Crippen LogP contribution is 2.33. The van der Waals surface area contributed by atoms with Crippen LogP contribution in [0.3, 0.4) is 0 Å². The number of carbonyl (C=O) groups excluding carboxylic acids is 1. The Morgan fingerprint density at radius 1 is 1.18 bits per heavy atom. The highest BCUT2D eigenvalue weighted by molar-refractivity contribution is 6.10. The molecule has 4 heterocycles. The van der Waals surface area contributed by atoms with Crippen LogP contribution in [-0.2, 0) is 13.2 Å². The Balaban J connectivity index is 1.44. The Hall–Kier alpha value is -3.76. The zero-order chi connectivity index (χ0) is 23.5. The predicted octanol–water partition coefficient (Wildman–Crippen LogP) is 3.89. The fourth-order valence-electron chi connectivity index (χ4n) is 4.31. The lowest BCUT2D eigenvalue weighted by Gasteiger charge is -2.18. The number of aryl methyl sites for hydroxylation is 1. The van der Waals surface area contributed by atoms with Crippen molar-refractivity contribution in [3.8, 4) is 0 Å². The van der Waals surface area contributed by atoms with Gasteiger partial charge < -0.3 is 10.6 Å². The second-order valence-electron chi connectivity index (χ2n) is 8.08. The molecule has 1 amide bonds. The van der Waals surface area contributed by atoms with Crippen molar-refractivity contribution in [3.05, 3.63) is 59.3 Å². The molecule has 4 aromatic rings. The van der Waals surface area contributed by atoms with Gasteiger partial charge in [-0.15, -0.1) is 0 Å². The van der Waals surface area contributed by atoms with Crippen molar-refractivity contribution >= 4 is 33.5 Å². The molecule has 7 nitrogen and oxygen atoms in total. The summed E-state index contributed by atoms with van der Waals surface area (Å²) in [5.41, 5.74) is 6.43. The molecule has 11 heteroatoms. The molecule has 170 valence electrons. The molecule has 0 spiro atoms. The van der Waals surface area contributed by atoms with Crippen LogP contribution in [0, 0.1) is 5.82 Å². The summed E-state index contributed by atoms with van der Waals surface area (Å²) >= 11 is 0. The van der Waals surface area contributed by atoms with Crippen molar-refractivity contribution in [2.45, 2.75) is 18.5 Å². The molecule has 0 bridgehead atoms. The number of hydrogen-bond acceptors (Lipinski definition) is 5. The van der Waals surface area contributed by atoms with E-state index in [-0.39, 0.29) is 23.8 Å². The minimum absolute atomic E-state index is 0.113. The third-order valence-corrected chi connectivity index (χ3v) is 6.03. The monoisotopic (exact) mass is 458 g/mol. The number of likely N-dealkylation sites (tertiary alicyclic amines) is 1. The molecule has 5 rings (SSSR count). The Morgan fingerprint density at radius 2 is 1.97 bits per heavy atom. The van der Waals surface area contributed by atoms with Gasteiger partial charge in [0, 0.05) is 49.4 Å². The summed E-state index contributed by atoms with van der Waals surface area (Å²) in [4.78, 5) is 22.8. The second kappa shape index (κ2) is 7.39. The maximum absolute atomic E-state index is 14.9. The van der Waals surface area contributed by atoms with Gasteiger partial charge in [-0.05, 0) is 24.6 Å². The molecule has 33 heavy (non-hydrogen) atoms. The number of benzene rings is 1. The molecular weight excluding hydrogens is 440 g/mol. The lowest BCUT2D eigenvalue weighted by Crippen LogP contribution is -2.29. The summed E-state index contributed by atoms with van der Waals surface area (Å²) in [7, 11) is 1.72. The smallest absolute Gasteiger partial charge is 0.383 e. The molecule has 3 aromatic heterocycles. The molecule has 1 atom stereocenters. The minimum atomic E-state index is -4.46. The number of nitrogen functional groups attached to an aromatic ring is 1. The summed E-state index contributed by atoms with van der Waals surface area (Å²) in [5, 5.41) is 5.32. The van der Waals surface area contributed by atoms with Crippen molar-refractivity contribution in [3.63, 3.8) is 0 Å². The molecule has 0 aliphatic carbocycles. The molecule has 0 radical (unpaired) electrons. The van der Waals surface area contributed by atoms with Gasteiger partial charge in [0.25, 0.3) is 5.91 Å². The zero-order valence-electron chi connectivity index (χ0n) is 17.4. The minimum Gasteiger partial charge on any atom is -0.383 e. The van der Waals surface area contributed by atoms with Crippen LogP contribution in [0.4, 0.5) is 23.4 Å². The Kier molecular flexibility index (Phi) is 4.73. The third kappa shape index (κ3) is 3.53. The van der Waals surface area contributed by atoms with Gasteiger partial charge in [-0.25, -0.2) is 9.37 Å². The third-order valence-electron chi connectivity index (χ3n) is 6.03. The van der Waals surface area contributed by atoms with Crippen LogP contribution in [0.5, 0.6) is 0 Å². The lowest BCUT2D eigenvalue weighted by molar-refractivity contribution is -0.137. The molecule has 1 aliphatic rings.